The Morgan fingerprint density at radius 1 is 1.00 bits per heavy atom. The quantitative estimate of drug-likeness (QED) is 0.781. The zero-order chi connectivity index (χ0) is 18.9. The molecule has 0 N–H and O–H groups in total. The molecule has 0 spiro atoms. The normalized spacial score (nSPS) is 18.6. The van der Waals surface area contributed by atoms with Crippen molar-refractivity contribution in [2.75, 3.05) is 30.5 Å². The monoisotopic (exact) mass is 384 g/mol. The first-order valence-electron chi connectivity index (χ1n) is 10.0. The number of hydrogen-bond acceptors (Lipinski definition) is 3. The van der Waals surface area contributed by atoms with E-state index in [-0.39, 0.29) is 0 Å². The molecule has 1 fully saturated rings. The molecule has 2 aromatic carbocycles. The van der Waals surface area contributed by atoms with Gasteiger partial charge in [0, 0.05) is 6.54 Å². The maximum absolute atomic E-state index is 13.1. The van der Waals surface area contributed by atoms with Gasteiger partial charge in [0.15, 0.2) is 0 Å². The molecule has 2 aromatic rings. The fourth-order valence-electron chi connectivity index (χ4n) is 4.40. The maximum Gasteiger partial charge on any atom is 0.264 e. The molecule has 5 heteroatoms. The van der Waals surface area contributed by atoms with Crippen LogP contribution in [0.15, 0.2) is 53.4 Å². The van der Waals surface area contributed by atoms with Gasteiger partial charge in [-0.25, -0.2) is 8.42 Å². The molecular weight excluding hydrogens is 356 g/mol. The van der Waals surface area contributed by atoms with Gasteiger partial charge in [0.05, 0.1) is 10.6 Å². The number of hydrogen-bond donors (Lipinski definition) is 0. The van der Waals surface area contributed by atoms with Crippen molar-refractivity contribution < 1.29 is 8.42 Å². The van der Waals surface area contributed by atoms with Crippen LogP contribution in [0.5, 0.6) is 0 Å². The van der Waals surface area contributed by atoms with Crippen LogP contribution in [0, 0.1) is 0 Å². The van der Waals surface area contributed by atoms with Gasteiger partial charge in [-0.1, -0.05) is 37.3 Å². The first-order chi connectivity index (χ1) is 13.1. The van der Waals surface area contributed by atoms with Crippen LogP contribution < -0.4 is 4.31 Å². The summed E-state index contributed by atoms with van der Waals surface area (Å²) in [7, 11) is -3.49. The molecule has 144 valence electrons. The Kier molecular flexibility index (Phi) is 5.24. The first-order valence-corrected chi connectivity index (χ1v) is 11.5. The first kappa shape index (κ1) is 18.5. The fraction of sp³-hybridized carbons (Fsp3) is 0.455. The minimum Gasteiger partial charge on any atom is -0.303 e. The molecule has 4 rings (SSSR count). The standard InChI is InChI=1S/C22H28N2O2S/c1-2-13-23-14-10-18(11-15-23)20-9-8-19-12-16-24(22(19)17-20)27(25,26)21-6-4-3-5-7-21/h3-9,17-18H,2,10-16H2,1H3. The number of anilines is 1. The molecule has 1 saturated heterocycles. The summed E-state index contributed by atoms with van der Waals surface area (Å²) in [5, 5.41) is 0. The summed E-state index contributed by atoms with van der Waals surface area (Å²) in [6.07, 6.45) is 4.31. The molecular formula is C22H28N2O2S. The second kappa shape index (κ2) is 7.64. The fourth-order valence-corrected chi connectivity index (χ4v) is 5.91. The van der Waals surface area contributed by atoms with Crippen molar-refractivity contribution in [2.24, 2.45) is 0 Å². The third kappa shape index (κ3) is 3.63. The van der Waals surface area contributed by atoms with Gasteiger partial charge in [-0.2, -0.15) is 0 Å². The lowest BCUT2D eigenvalue weighted by Gasteiger charge is -2.32. The molecule has 27 heavy (non-hydrogen) atoms. The van der Waals surface area contributed by atoms with E-state index in [1.165, 1.54) is 18.5 Å². The molecule has 0 saturated carbocycles. The van der Waals surface area contributed by atoms with Gasteiger partial charge in [0.1, 0.15) is 0 Å². The Bertz CT molecular complexity index is 888. The Morgan fingerprint density at radius 2 is 1.74 bits per heavy atom. The largest absolute Gasteiger partial charge is 0.303 e. The minimum atomic E-state index is -3.49. The molecule has 0 amide bonds. The van der Waals surface area contributed by atoms with E-state index in [9.17, 15) is 8.42 Å². The molecule has 4 nitrogen and oxygen atoms in total. The molecule has 0 bridgehead atoms. The summed E-state index contributed by atoms with van der Waals surface area (Å²) >= 11 is 0. The number of sulfonamides is 1. The molecule has 0 aliphatic carbocycles. The predicted octanol–water partition coefficient (Wildman–Crippen LogP) is 4.03. The van der Waals surface area contributed by atoms with E-state index in [4.69, 9.17) is 0 Å². The number of likely N-dealkylation sites (tertiary alicyclic amines) is 1. The zero-order valence-corrected chi connectivity index (χ0v) is 16.8. The zero-order valence-electron chi connectivity index (χ0n) is 16.0. The number of piperidine rings is 1. The summed E-state index contributed by atoms with van der Waals surface area (Å²) in [6.45, 7) is 6.22. The molecule has 2 heterocycles. The van der Waals surface area contributed by atoms with Gasteiger partial charge in [-0.3, -0.25) is 4.31 Å². The van der Waals surface area contributed by atoms with Gasteiger partial charge in [-0.15, -0.1) is 0 Å². The second-order valence-electron chi connectivity index (χ2n) is 7.64. The third-order valence-corrected chi connectivity index (χ3v) is 7.72. The topological polar surface area (TPSA) is 40.6 Å². The van der Waals surface area contributed by atoms with Crippen molar-refractivity contribution in [3.8, 4) is 0 Å². The third-order valence-electron chi connectivity index (χ3n) is 5.89. The summed E-state index contributed by atoms with van der Waals surface area (Å²) in [4.78, 5) is 2.91. The average molecular weight is 385 g/mol. The minimum absolute atomic E-state index is 0.371. The van der Waals surface area contributed by atoms with E-state index in [2.05, 4.69) is 30.0 Å². The van der Waals surface area contributed by atoms with E-state index in [0.29, 0.717) is 17.4 Å². The van der Waals surface area contributed by atoms with Crippen LogP contribution in [-0.4, -0.2) is 39.5 Å². The Balaban J connectivity index is 1.58. The lowest BCUT2D eigenvalue weighted by Crippen LogP contribution is -2.33. The van der Waals surface area contributed by atoms with Gasteiger partial charge in [-0.05, 0) is 80.6 Å². The maximum atomic E-state index is 13.1. The van der Waals surface area contributed by atoms with Crippen molar-refractivity contribution in [1.29, 1.82) is 0 Å². The number of benzene rings is 2. The Morgan fingerprint density at radius 3 is 2.44 bits per heavy atom. The predicted molar refractivity (Wildman–Crippen MR) is 110 cm³/mol. The molecule has 0 radical (unpaired) electrons. The lowest BCUT2D eigenvalue weighted by molar-refractivity contribution is 0.213. The molecule has 2 aliphatic heterocycles. The number of nitrogens with zero attached hydrogens (tertiary/aromatic N) is 2. The van der Waals surface area contributed by atoms with Crippen LogP contribution in [0.1, 0.15) is 43.2 Å². The summed E-state index contributed by atoms with van der Waals surface area (Å²) < 4.78 is 27.8. The van der Waals surface area contributed by atoms with E-state index < -0.39 is 10.0 Å². The van der Waals surface area contributed by atoms with E-state index >= 15 is 0 Å². The van der Waals surface area contributed by atoms with Gasteiger partial charge >= 0.3 is 0 Å². The highest BCUT2D eigenvalue weighted by atomic mass is 32.2. The Labute approximate surface area is 162 Å². The van der Waals surface area contributed by atoms with Crippen LogP contribution in [0.2, 0.25) is 0 Å². The van der Waals surface area contributed by atoms with Crippen molar-refractivity contribution in [1.82, 2.24) is 4.90 Å². The van der Waals surface area contributed by atoms with Crippen LogP contribution in [0.4, 0.5) is 5.69 Å². The summed E-state index contributed by atoms with van der Waals surface area (Å²) in [5.74, 6) is 0.533. The summed E-state index contributed by atoms with van der Waals surface area (Å²) in [5.41, 5.74) is 3.31. The number of fused-ring (bicyclic) bond motifs is 1. The van der Waals surface area contributed by atoms with Gasteiger partial charge in [0.2, 0.25) is 0 Å². The second-order valence-corrected chi connectivity index (χ2v) is 9.51. The van der Waals surface area contributed by atoms with E-state index in [1.807, 2.05) is 6.07 Å². The van der Waals surface area contributed by atoms with Crippen molar-refractivity contribution in [3.63, 3.8) is 0 Å². The molecule has 2 aliphatic rings. The molecule has 0 aromatic heterocycles. The summed E-state index contributed by atoms with van der Waals surface area (Å²) in [6, 6.07) is 15.3. The van der Waals surface area contributed by atoms with Crippen LogP contribution in [0.3, 0.4) is 0 Å². The van der Waals surface area contributed by atoms with E-state index in [1.54, 1.807) is 28.6 Å². The van der Waals surface area contributed by atoms with E-state index in [0.717, 1.165) is 43.6 Å². The smallest absolute Gasteiger partial charge is 0.264 e. The van der Waals surface area contributed by atoms with Gasteiger partial charge in [0.25, 0.3) is 10.0 Å². The highest BCUT2D eigenvalue weighted by molar-refractivity contribution is 7.92. The lowest BCUT2D eigenvalue weighted by atomic mass is 9.88. The van der Waals surface area contributed by atoms with Crippen molar-refractivity contribution >= 4 is 15.7 Å². The Hall–Kier alpha value is -1.85. The molecule has 0 unspecified atom stereocenters. The number of rotatable bonds is 5. The average Bonchev–Trinajstić information content (AvgIpc) is 3.13. The highest BCUT2D eigenvalue weighted by Gasteiger charge is 2.31. The van der Waals surface area contributed by atoms with Crippen LogP contribution in [0.25, 0.3) is 0 Å². The van der Waals surface area contributed by atoms with Crippen LogP contribution >= 0.6 is 0 Å². The SMILES string of the molecule is CCCN1CCC(c2ccc3c(c2)N(S(=O)(=O)c2ccccc2)CC3)CC1. The van der Waals surface area contributed by atoms with Crippen molar-refractivity contribution in [2.45, 2.75) is 43.4 Å². The van der Waals surface area contributed by atoms with Crippen molar-refractivity contribution in [3.05, 3.63) is 59.7 Å². The van der Waals surface area contributed by atoms with Crippen LogP contribution in [-0.2, 0) is 16.4 Å². The molecule has 0 atom stereocenters. The highest BCUT2D eigenvalue weighted by Crippen LogP contribution is 2.37. The van der Waals surface area contributed by atoms with Gasteiger partial charge < -0.3 is 4.90 Å².